The Bertz CT molecular complexity index is 544. The molecule has 0 N–H and O–H groups in total. The minimum Gasteiger partial charge on any atom is -0.406 e. The topological polar surface area (TPSA) is 26.3 Å². The molecule has 0 spiro atoms. The Kier molecular flexibility index (Phi) is 4.90. The molecule has 3 rings (SSSR count). The predicted octanol–water partition coefficient (Wildman–Crippen LogP) is 4.76. The number of hydrogen-bond acceptors (Lipinski definition) is 3. The van der Waals surface area contributed by atoms with E-state index in [1.165, 1.54) is 43.5 Å². The number of carbonyl (C=O) groups excluding carboxylic acids is 1. The van der Waals surface area contributed by atoms with Gasteiger partial charge in [-0.3, -0.25) is 4.79 Å². The highest BCUT2D eigenvalue weighted by atomic mass is 32.2. The van der Waals surface area contributed by atoms with E-state index in [4.69, 9.17) is 0 Å². The number of ether oxygens (including phenoxy) is 1. The van der Waals surface area contributed by atoms with Crippen molar-refractivity contribution in [2.24, 2.45) is 5.92 Å². The molecule has 2 nitrogen and oxygen atoms in total. The molecule has 0 aromatic heterocycles. The Morgan fingerprint density at radius 3 is 2.30 bits per heavy atom. The maximum absolute atomic E-state index is 12.5. The van der Waals surface area contributed by atoms with Crippen LogP contribution in [-0.2, 0) is 11.2 Å². The molecule has 2 fully saturated rings. The molecule has 2 aliphatic rings. The van der Waals surface area contributed by atoms with Gasteiger partial charge in [0.05, 0.1) is 0 Å². The maximum atomic E-state index is 12.5. The molecule has 2 saturated heterocycles. The van der Waals surface area contributed by atoms with Gasteiger partial charge in [0.1, 0.15) is 11.5 Å². The number of benzene rings is 1. The van der Waals surface area contributed by atoms with Crippen molar-refractivity contribution < 1.29 is 22.7 Å². The predicted molar refractivity (Wildman–Crippen MR) is 83.6 cm³/mol. The number of carbonyl (C=O) groups is 1. The lowest BCUT2D eigenvalue weighted by molar-refractivity contribution is -0.274. The molecule has 0 radical (unpaired) electrons. The van der Waals surface area contributed by atoms with Gasteiger partial charge in [0.25, 0.3) is 0 Å². The fourth-order valence-electron chi connectivity index (χ4n) is 3.48. The van der Waals surface area contributed by atoms with Crippen LogP contribution >= 0.6 is 11.8 Å². The van der Waals surface area contributed by atoms with Gasteiger partial charge in [-0.1, -0.05) is 18.6 Å². The van der Waals surface area contributed by atoms with Crippen LogP contribution in [0.3, 0.4) is 0 Å². The zero-order valence-electron chi connectivity index (χ0n) is 12.6. The average Bonchev–Trinajstić information content (AvgIpc) is 2.47. The molecule has 1 aromatic rings. The van der Waals surface area contributed by atoms with Gasteiger partial charge < -0.3 is 4.74 Å². The van der Waals surface area contributed by atoms with Crippen LogP contribution in [0, 0.1) is 5.92 Å². The number of rotatable bonds is 4. The van der Waals surface area contributed by atoms with Crippen molar-refractivity contribution in [3.8, 4) is 5.75 Å². The van der Waals surface area contributed by atoms with Gasteiger partial charge >= 0.3 is 6.36 Å². The largest absolute Gasteiger partial charge is 0.573 e. The lowest BCUT2D eigenvalue weighted by Crippen LogP contribution is -2.33. The standard InChI is InChI=1S/C17H19F3O2S/c18-17(19,20)22-13-6-4-11(5-7-13)8-16(21)12-9-14-2-1-3-15(10-12)23-14/h4-7,12,14-15H,1-3,8-10H2. The second-order valence-electron chi connectivity index (χ2n) is 6.31. The van der Waals surface area contributed by atoms with Gasteiger partial charge in [-0.15, -0.1) is 13.2 Å². The van der Waals surface area contributed by atoms with Crippen molar-refractivity contribution in [2.75, 3.05) is 0 Å². The highest BCUT2D eigenvalue weighted by molar-refractivity contribution is 8.00. The van der Waals surface area contributed by atoms with Crippen molar-refractivity contribution in [1.29, 1.82) is 0 Å². The smallest absolute Gasteiger partial charge is 0.406 e. The fourth-order valence-corrected chi connectivity index (χ4v) is 5.31. The van der Waals surface area contributed by atoms with Crippen LogP contribution in [0.15, 0.2) is 24.3 Å². The molecule has 6 heteroatoms. The maximum Gasteiger partial charge on any atom is 0.573 e. The SMILES string of the molecule is O=C(Cc1ccc(OC(F)(F)F)cc1)C1CC2CCCC(C1)S2. The summed E-state index contributed by atoms with van der Waals surface area (Å²) in [5, 5.41) is 1.22. The highest BCUT2D eigenvalue weighted by Gasteiger charge is 2.35. The molecule has 2 unspecified atom stereocenters. The summed E-state index contributed by atoms with van der Waals surface area (Å²) in [4.78, 5) is 12.5. The Morgan fingerprint density at radius 2 is 1.74 bits per heavy atom. The second kappa shape index (κ2) is 6.75. The Labute approximate surface area is 137 Å². The van der Waals surface area contributed by atoms with Crippen LogP contribution in [0.2, 0.25) is 0 Å². The molecule has 0 amide bonds. The number of alkyl halides is 3. The van der Waals surface area contributed by atoms with Crippen LogP contribution in [0.5, 0.6) is 5.75 Å². The van der Waals surface area contributed by atoms with E-state index in [1.54, 1.807) is 0 Å². The van der Waals surface area contributed by atoms with E-state index in [0.717, 1.165) is 18.4 Å². The number of Topliss-reactive ketones (excluding diaryl/α,β-unsaturated/α-hetero) is 1. The third-order valence-electron chi connectivity index (χ3n) is 4.52. The molecule has 2 atom stereocenters. The van der Waals surface area contributed by atoms with Gasteiger partial charge in [-0.05, 0) is 43.4 Å². The summed E-state index contributed by atoms with van der Waals surface area (Å²) >= 11 is 2.03. The van der Waals surface area contributed by atoms with Crippen LogP contribution in [0.25, 0.3) is 0 Å². The first kappa shape index (κ1) is 16.7. The number of hydrogen-bond donors (Lipinski definition) is 0. The van der Waals surface area contributed by atoms with Crippen LogP contribution in [-0.4, -0.2) is 22.6 Å². The first-order valence-electron chi connectivity index (χ1n) is 7.92. The monoisotopic (exact) mass is 344 g/mol. The van der Waals surface area contributed by atoms with Crippen molar-refractivity contribution in [1.82, 2.24) is 0 Å². The number of fused-ring (bicyclic) bond motifs is 2. The summed E-state index contributed by atoms with van der Waals surface area (Å²) in [6.45, 7) is 0. The summed E-state index contributed by atoms with van der Waals surface area (Å²) in [6.07, 6.45) is 1.19. The molecule has 2 aliphatic heterocycles. The minimum atomic E-state index is -4.69. The van der Waals surface area contributed by atoms with Crippen molar-refractivity contribution in [2.45, 2.75) is 55.4 Å². The Morgan fingerprint density at radius 1 is 1.13 bits per heavy atom. The Hall–Kier alpha value is -1.17. The number of ketones is 1. The van der Waals surface area contributed by atoms with Gasteiger partial charge in [-0.25, -0.2) is 0 Å². The second-order valence-corrected chi connectivity index (χ2v) is 7.92. The van der Waals surface area contributed by atoms with Crippen molar-refractivity contribution >= 4 is 17.5 Å². The average molecular weight is 344 g/mol. The van der Waals surface area contributed by atoms with E-state index in [0.29, 0.717) is 16.9 Å². The van der Waals surface area contributed by atoms with Crippen LogP contribution in [0.1, 0.15) is 37.7 Å². The molecular weight excluding hydrogens is 325 g/mol. The zero-order valence-corrected chi connectivity index (χ0v) is 13.5. The summed E-state index contributed by atoms with van der Waals surface area (Å²) in [5.41, 5.74) is 0.743. The van der Waals surface area contributed by atoms with Crippen LogP contribution in [0.4, 0.5) is 13.2 Å². The highest BCUT2D eigenvalue weighted by Crippen LogP contribution is 2.44. The zero-order chi connectivity index (χ0) is 16.4. The van der Waals surface area contributed by atoms with E-state index in [2.05, 4.69) is 4.74 Å². The van der Waals surface area contributed by atoms with E-state index in [-0.39, 0.29) is 17.5 Å². The molecule has 23 heavy (non-hydrogen) atoms. The molecule has 0 saturated carbocycles. The van der Waals surface area contributed by atoms with Gasteiger partial charge in [0, 0.05) is 22.8 Å². The molecule has 0 aliphatic carbocycles. The lowest BCUT2D eigenvalue weighted by atomic mass is 9.85. The third-order valence-corrected chi connectivity index (χ3v) is 6.15. The van der Waals surface area contributed by atoms with Crippen molar-refractivity contribution in [3.05, 3.63) is 29.8 Å². The minimum absolute atomic E-state index is 0.109. The van der Waals surface area contributed by atoms with E-state index >= 15 is 0 Å². The summed E-state index contributed by atoms with van der Waals surface area (Å²) < 4.78 is 40.2. The van der Waals surface area contributed by atoms with Gasteiger partial charge in [0.2, 0.25) is 0 Å². The first-order valence-corrected chi connectivity index (χ1v) is 8.86. The van der Waals surface area contributed by atoms with E-state index < -0.39 is 6.36 Å². The first-order chi connectivity index (χ1) is 10.9. The summed E-state index contributed by atoms with van der Waals surface area (Å²) in [5.74, 6) is 0.0710. The van der Waals surface area contributed by atoms with E-state index in [9.17, 15) is 18.0 Å². The number of thioether (sulfide) groups is 1. The number of halogens is 3. The van der Waals surface area contributed by atoms with Gasteiger partial charge in [-0.2, -0.15) is 11.8 Å². The lowest BCUT2D eigenvalue weighted by Gasteiger charge is -2.38. The molecule has 2 heterocycles. The summed E-state index contributed by atoms with van der Waals surface area (Å²) in [6, 6.07) is 5.61. The molecular formula is C17H19F3O2S. The van der Waals surface area contributed by atoms with Crippen LogP contribution < -0.4 is 4.74 Å². The summed E-state index contributed by atoms with van der Waals surface area (Å²) in [7, 11) is 0. The quantitative estimate of drug-likeness (QED) is 0.788. The molecule has 1 aromatic carbocycles. The molecule has 2 bridgehead atoms. The normalized spacial score (nSPS) is 27.5. The van der Waals surface area contributed by atoms with E-state index in [1.807, 2.05) is 11.8 Å². The van der Waals surface area contributed by atoms with Gasteiger partial charge in [0.15, 0.2) is 0 Å². The fraction of sp³-hybridized carbons (Fsp3) is 0.588. The molecule has 126 valence electrons. The Balaban J connectivity index is 1.57. The van der Waals surface area contributed by atoms with Crippen molar-refractivity contribution in [3.63, 3.8) is 0 Å². The third kappa shape index (κ3) is 4.66.